The van der Waals surface area contributed by atoms with Gasteiger partial charge in [-0.05, 0) is 81.8 Å². The Morgan fingerprint density at radius 1 is 0.708 bits per heavy atom. The molecule has 2 N–H and O–H groups in total. The van der Waals surface area contributed by atoms with Gasteiger partial charge < -0.3 is 29.1 Å². The van der Waals surface area contributed by atoms with Gasteiger partial charge in [-0.25, -0.2) is 0 Å². The van der Waals surface area contributed by atoms with Gasteiger partial charge in [-0.2, -0.15) is 0 Å². The largest absolute Gasteiger partial charge is 0.507 e. The zero-order valence-corrected chi connectivity index (χ0v) is 28.8. The molecule has 2 aliphatic heterocycles. The number of aromatic nitrogens is 2. The van der Waals surface area contributed by atoms with Crippen LogP contribution in [0.1, 0.15) is 60.8 Å². The van der Waals surface area contributed by atoms with E-state index in [0.717, 1.165) is 61.5 Å². The molecule has 0 bridgehead atoms. The number of nitroso groups, excluding NO2 is 1. The van der Waals surface area contributed by atoms with Crippen LogP contribution >= 0.6 is 23.2 Å². The van der Waals surface area contributed by atoms with Crippen molar-refractivity contribution in [3.63, 3.8) is 0 Å². The van der Waals surface area contributed by atoms with Crippen molar-refractivity contribution in [2.24, 2.45) is 5.18 Å². The molecule has 48 heavy (non-hydrogen) atoms. The quantitative estimate of drug-likeness (QED) is 0.192. The lowest BCUT2D eigenvalue weighted by atomic mass is 10.1. The lowest BCUT2D eigenvalue weighted by molar-refractivity contribution is 0.466. The van der Waals surface area contributed by atoms with Crippen molar-refractivity contribution in [1.82, 2.24) is 9.13 Å². The Morgan fingerprint density at radius 2 is 1.19 bits per heavy atom. The summed E-state index contributed by atoms with van der Waals surface area (Å²) >= 11 is 12.8. The molecule has 0 radical (unpaired) electrons. The van der Waals surface area contributed by atoms with Crippen molar-refractivity contribution in [2.45, 2.75) is 65.5 Å². The maximum Gasteiger partial charge on any atom is 0.284 e. The predicted octanol–water partition coefficient (Wildman–Crippen LogP) is 7.51. The van der Waals surface area contributed by atoms with E-state index in [-0.39, 0.29) is 23.6 Å². The predicted molar refractivity (Wildman–Crippen MR) is 193 cm³/mol. The third kappa shape index (κ3) is 7.88. The average Bonchev–Trinajstić information content (AvgIpc) is 3.09. The Labute approximate surface area is 289 Å². The molecule has 0 atom stereocenters. The van der Waals surface area contributed by atoms with E-state index >= 15 is 0 Å². The molecule has 0 amide bonds. The highest BCUT2D eigenvalue weighted by Gasteiger charge is 2.20. The monoisotopic (exact) mass is 693 g/mol. The number of rotatable bonds is 7. The minimum absolute atomic E-state index is 0.0293. The van der Waals surface area contributed by atoms with Crippen LogP contribution in [0.15, 0.2) is 69.6 Å². The summed E-state index contributed by atoms with van der Waals surface area (Å²) in [6.45, 7) is 7.99. The Kier molecular flexibility index (Phi) is 11.5. The van der Waals surface area contributed by atoms with Gasteiger partial charge in [0.25, 0.3) is 11.1 Å². The Hall–Kier alpha value is -4.28. The molecule has 2 aliphatic rings. The van der Waals surface area contributed by atoms with E-state index in [9.17, 15) is 24.7 Å². The number of aromatic hydroxyl groups is 2. The van der Waals surface area contributed by atoms with E-state index in [0.29, 0.717) is 27.7 Å². The SMILES string of the molecule is Cc1cn(Cc2c(Cl)cccc2N2CCCCC2)c(=O)c(N=O)c1O.Cc1cn(Cc2c(Cl)cccc2N2CCCCC2)c(=O)cc1O. The first-order valence-corrected chi connectivity index (χ1v) is 17.1. The van der Waals surface area contributed by atoms with Crippen LogP contribution in [-0.2, 0) is 13.1 Å². The van der Waals surface area contributed by atoms with E-state index in [4.69, 9.17) is 23.2 Å². The molecule has 0 aliphatic carbocycles. The molecular weight excluding hydrogens is 653 g/mol. The van der Waals surface area contributed by atoms with Gasteiger partial charge in [0.2, 0.25) is 5.69 Å². The van der Waals surface area contributed by atoms with E-state index < -0.39 is 11.2 Å². The fourth-order valence-corrected chi connectivity index (χ4v) is 6.85. The van der Waals surface area contributed by atoms with E-state index in [1.165, 1.54) is 42.5 Å². The maximum absolute atomic E-state index is 12.4. The molecule has 12 heteroatoms. The van der Waals surface area contributed by atoms with Crippen LogP contribution in [0.5, 0.6) is 11.5 Å². The van der Waals surface area contributed by atoms with Gasteiger partial charge in [0.15, 0.2) is 5.75 Å². The standard InChI is InChI=1S/C18H20ClN3O3.C18H21ClN2O2/c1-12-10-22(18(24)16(20-25)17(12)23)11-13-14(19)6-5-7-15(13)21-8-3-2-4-9-21;1-13-11-21(18(23)10-17(13)22)12-14-15(19)6-5-7-16(14)20-8-3-2-4-9-20/h5-7,10,23H,2-4,8-9,11H2,1H3;5-7,10-11,22H,2-4,8-9,12H2,1H3. The molecule has 10 nitrogen and oxygen atoms in total. The highest BCUT2D eigenvalue weighted by Crippen LogP contribution is 2.33. The summed E-state index contributed by atoms with van der Waals surface area (Å²) in [5.74, 6) is -0.340. The zero-order chi connectivity index (χ0) is 34.4. The topological polar surface area (TPSA) is 120 Å². The maximum atomic E-state index is 12.4. The van der Waals surface area contributed by atoms with Gasteiger partial charge in [0.05, 0.1) is 13.1 Å². The number of anilines is 2. The van der Waals surface area contributed by atoms with Crippen LogP contribution in [0, 0.1) is 18.8 Å². The summed E-state index contributed by atoms with van der Waals surface area (Å²) in [4.78, 5) is 40.1. The first-order valence-electron chi connectivity index (χ1n) is 16.3. The number of halogens is 2. The van der Waals surface area contributed by atoms with Crippen LogP contribution in [0.4, 0.5) is 17.1 Å². The van der Waals surface area contributed by atoms with Crippen molar-refractivity contribution >= 4 is 40.3 Å². The third-order valence-electron chi connectivity index (χ3n) is 9.04. The molecule has 0 saturated carbocycles. The molecule has 4 heterocycles. The number of benzene rings is 2. The summed E-state index contributed by atoms with van der Waals surface area (Å²) in [5, 5.41) is 23.4. The van der Waals surface area contributed by atoms with E-state index in [1.54, 1.807) is 30.7 Å². The number of nitrogens with zero attached hydrogens (tertiary/aromatic N) is 5. The van der Waals surface area contributed by atoms with Gasteiger partial charge in [-0.3, -0.25) is 9.59 Å². The molecule has 254 valence electrons. The highest BCUT2D eigenvalue weighted by molar-refractivity contribution is 6.32. The van der Waals surface area contributed by atoms with Crippen LogP contribution in [-0.4, -0.2) is 45.5 Å². The molecule has 6 rings (SSSR count). The second-order valence-corrected chi connectivity index (χ2v) is 13.2. The summed E-state index contributed by atoms with van der Waals surface area (Å²) < 4.78 is 2.98. The molecule has 2 saturated heterocycles. The smallest absolute Gasteiger partial charge is 0.284 e. The Bertz CT molecular complexity index is 1900. The molecule has 2 aromatic heterocycles. The zero-order valence-electron chi connectivity index (χ0n) is 27.3. The number of aryl methyl sites for hydroxylation is 2. The number of pyridine rings is 2. The van der Waals surface area contributed by atoms with Crippen molar-refractivity contribution < 1.29 is 10.2 Å². The molecule has 4 aromatic rings. The van der Waals surface area contributed by atoms with Crippen molar-refractivity contribution in [1.29, 1.82) is 0 Å². The van der Waals surface area contributed by atoms with Gasteiger partial charge in [-0.1, -0.05) is 35.3 Å². The summed E-state index contributed by atoms with van der Waals surface area (Å²) in [7, 11) is 0. The third-order valence-corrected chi connectivity index (χ3v) is 9.75. The van der Waals surface area contributed by atoms with E-state index in [2.05, 4.69) is 21.0 Å². The highest BCUT2D eigenvalue weighted by atomic mass is 35.5. The van der Waals surface area contributed by atoms with Crippen molar-refractivity contribution in [2.75, 3.05) is 36.0 Å². The molecule has 0 unspecified atom stereocenters. The molecule has 0 spiro atoms. The second kappa shape index (κ2) is 15.7. The summed E-state index contributed by atoms with van der Waals surface area (Å²) in [6, 6.07) is 12.9. The number of hydrogen-bond acceptors (Lipinski definition) is 8. The van der Waals surface area contributed by atoms with Crippen molar-refractivity contribution in [3.8, 4) is 11.5 Å². The first-order chi connectivity index (χ1) is 23.1. The second-order valence-electron chi connectivity index (χ2n) is 12.4. The average molecular weight is 695 g/mol. The summed E-state index contributed by atoms with van der Waals surface area (Å²) in [5.41, 5.74) is 3.68. The number of hydrogen-bond donors (Lipinski definition) is 2. The van der Waals surface area contributed by atoms with Crippen molar-refractivity contribution in [3.05, 3.63) is 113 Å². The molecule has 2 aromatic carbocycles. The molecule has 2 fully saturated rings. The normalized spacial score (nSPS) is 14.8. The summed E-state index contributed by atoms with van der Waals surface area (Å²) in [6.07, 6.45) is 10.3. The van der Waals surface area contributed by atoms with E-state index in [1.807, 2.05) is 24.3 Å². The van der Waals surface area contributed by atoms with Gasteiger partial charge in [0, 0.05) is 88.3 Å². The van der Waals surface area contributed by atoms with Crippen LogP contribution in [0.3, 0.4) is 0 Å². The van der Waals surface area contributed by atoms with Crippen LogP contribution < -0.4 is 20.9 Å². The first kappa shape index (κ1) is 35.0. The van der Waals surface area contributed by atoms with Crippen LogP contribution in [0.25, 0.3) is 0 Å². The fourth-order valence-electron chi connectivity index (χ4n) is 6.39. The molecular formula is C36H41Cl2N5O5. The van der Waals surface area contributed by atoms with Gasteiger partial charge in [-0.15, -0.1) is 4.91 Å². The Morgan fingerprint density at radius 3 is 1.69 bits per heavy atom. The Balaban J connectivity index is 0.000000188. The number of piperidine rings is 2. The lowest BCUT2D eigenvalue weighted by Gasteiger charge is -2.31. The van der Waals surface area contributed by atoms with Crippen LogP contribution in [0.2, 0.25) is 10.0 Å². The minimum Gasteiger partial charge on any atom is -0.507 e. The lowest BCUT2D eigenvalue weighted by Crippen LogP contribution is -2.31. The van der Waals surface area contributed by atoms with Gasteiger partial charge in [0.1, 0.15) is 5.75 Å². The minimum atomic E-state index is -0.623. The fraction of sp³-hybridized carbons (Fsp3) is 0.389. The van der Waals surface area contributed by atoms with Gasteiger partial charge >= 0.3 is 0 Å².